The first-order valence-corrected chi connectivity index (χ1v) is 7.87. The molecule has 0 aliphatic carbocycles. The van der Waals surface area contributed by atoms with Crippen molar-refractivity contribution in [3.05, 3.63) is 77.3 Å². The van der Waals surface area contributed by atoms with E-state index in [1.807, 2.05) is 36.4 Å². The Morgan fingerprint density at radius 2 is 1.26 bits per heavy atom. The average molecular weight is 317 g/mol. The van der Waals surface area contributed by atoms with Gasteiger partial charge >= 0.3 is 0 Å². The second-order valence-corrected chi connectivity index (χ2v) is 5.81. The average Bonchev–Trinajstić information content (AvgIpc) is 2.63. The first-order chi connectivity index (χ1) is 11.3. The maximum Gasteiger partial charge on any atom is 0.119 e. The van der Waals surface area contributed by atoms with Crippen LogP contribution in [0.3, 0.4) is 0 Å². The number of para-hydroxylation sites is 2. The summed E-state index contributed by atoms with van der Waals surface area (Å²) in [5.41, 5.74) is 3.32. The Morgan fingerprint density at radius 1 is 0.739 bits per heavy atom. The summed E-state index contributed by atoms with van der Waals surface area (Å²) in [6, 6.07) is 24.7. The molecule has 0 bridgehead atoms. The van der Waals surface area contributed by atoms with Crippen molar-refractivity contribution in [2.45, 2.75) is 0 Å². The normalized spacial score (nSPS) is 11.0. The van der Waals surface area contributed by atoms with Crippen molar-refractivity contribution in [1.82, 2.24) is 4.57 Å². The number of fused-ring (bicyclic) bond motifs is 2. The van der Waals surface area contributed by atoms with Gasteiger partial charge in [0.15, 0.2) is 0 Å². The van der Waals surface area contributed by atoms with Gasteiger partial charge in [-0.25, -0.2) is 0 Å². The van der Waals surface area contributed by atoms with E-state index in [1.54, 1.807) is 7.11 Å². The highest BCUT2D eigenvalue weighted by Gasteiger charge is 2.09. The van der Waals surface area contributed by atoms with Gasteiger partial charge in [0.25, 0.3) is 0 Å². The van der Waals surface area contributed by atoms with Gasteiger partial charge in [-0.3, -0.25) is 0 Å². The van der Waals surface area contributed by atoms with Gasteiger partial charge in [0, 0.05) is 16.5 Å². The second-order valence-electron chi connectivity index (χ2n) is 5.40. The molecule has 0 radical (unpaired) electrons. The predicted octanol–water partition coefficient (Wildman–Crippen LogP) is 5.52. The zero-order chi connectivity index (χ0) is 15.8. The molecule has 0 fully saturated rings. The Kier molecular flexibility index (Phi) is 3.36. The molecule has 3 heteroatoms. The summed E-state index contributed by atoms with van der Waals surface area (Å²) < 4.78 is 8.43. The zero-order valence-corrected chi connectivity index (χ0v) is 13.5. The highest BCUT2D eigenvalue weighted by Crippen LogP contribution is 2.29. The lowest BCUT2D eigenvalue weighted by Crippen LogP contribution is -2.00. The third-order valence-electron chi connectivity index (χ3n) is 4.11. The van der Waals surface area contributed by atoms with Crippen molar-refractivity contribution in [1.29, 1.82) is 0 Å². The topological polar surface area (TPSA) is 14.2 Å². The van der Waals surface area contributed by atoms with Crippen molar-refractivity contribution in [2.75, 3.05) is 7.11 Å². The van der Waals surface area contributed by atoms with Gasteiger partial charge < -0.3 is 9.30 Å². The molecule has 0 spiro atoms. The molecular formula is C20H15NOS. The molecular weight excluding hydrogens is 302 g/mol. The number of methoxy groups -OCH3 is 1. The first kappa shape index (κ1) is 14.0. The maximum absolute atomic E-state index is 5.71. The lowest BCUT2D eigenvalue weighted by molar-refractivity contribution is 0.415. The summed E-state index contributed by atoms with van der Waals surface area (Å²) in [6.45, 7) is 0. The Labute approximate surface area is 139 Å². The number of nitrogens with zero attached hydrogens (tertiary/aromatic N) is 1. The van der Waals surface area contributed by atoms with E-state index in [4.69, 9.17) is 17.0 Å². The highest BCUT2D eigenvalue weighted by molar-refractivity contribution is 7.72. The number of rotatable bonds is 2. The van der Waals surface area contributed by atoms with Crippen LogP contribution in [0.5, 0.6) is 5.75 Å². The molecule has 0 saturated heterocycles. The van der Waals surface area contributed by atoms with Crippen molar-refractivity contribution in [2.24, 2.45) is 0 Å². The minimum atomic E-state index is 0.850. The first-order valence-electron chi connectivity index (χ1n) is 7.46. The van der Waals surface area contributed by atoms with Gasteiger partial charge in [0.1, 0.15) is 5.75 Å². The van der Waals surface area contributed by atoms with Gasteiger partial charge in [-0.1, -0.05) is 48.6 Å². The van der Waals surface area contributed by atoms with Gasteiger partial charge in [-0.05, 0) is 36.4 Å². The van der Waals surface area contributed by atoms with Gasteiger partial charge in [-0.2, -0.15) is 0 Å². The fourth-order valence-corrected chi connectivity index (χ4v) is 3.35. The Morgan fingerprint density at radius 3 is 1.78 bits per heavy atom. The monoisotopic (exact) mass is 317 g/mol. The van der Waals surface area contributed by atoms with Crippen molar-refractivity contribution in [3.8, 4) is 11.4 Å². The molecule has 4 aromatic rings. The Balaban J connectivity index is 2.17. The molecule has 0 N–H and O–H groups in total. The van der Waals surface area contributed by atoms with E-state index in [0.717, 1.165) is 37.8 Å². The molecule has 0 unspecified atom stereocenters. The van der Waals surface area contributed by atoms with Crippen LogP contribution in [0.2, 0.25) is 0 Å². The molecule has 0 amide bonds. The van der Waals surface area contributed by atoms with Crippen LogP contribution in [0.25, 0.3) is 27.5 Å². The fourth-order valence-electron chi connectivity index (χ4n) is 3.01. The Bertz CT molecular complexity index is 1000. The lowest BCUT2D eigenvalue weighted by Gasteiger charge is -2.16. The molecule has 23 heavy (non-hydrogen) atoms. The third-order valence-corrected chi connectivity index (χ3v) is 4.55. The van der Waals surface area contributed by atoms with Crippen LogP contribution >= 0.6 is 12.2 Å². The van der Waals surface area contributed by atoms with Gasteiger partial charge in [0.2, 0.25) is 0 Å². The van der Waals surface area contributed by atoms with Gasteiger partial charge in [-0.15, -0.1) is 0 Å². The van der Waals surface area contributed by atoms with Crippen LogP contribution in [0, 0.1) is 4.51 Å². The molecule has 1 aromatic heterocycles. The van der Waals surface area contributed by atoms with Crippen LogP contribution < -0.4 is 4.74 Å². The summed E-state index contributed by atoms with van der Waals surface area (Å²) in [5, 5.41) is 2.19. The SMILES string of the molecule is COc1ccc(-n2c3ccccc3c(=S)c3ccccc32)cc1. The quantitative estimate of drug-likeness (QED) is 0.357. The molecule has 2 nitrogen and oxygen atoms in total. The van der Waals surface area contributed by atoms with E-state index in [0.29, 0.717) is 0 Å². The van der Waals surface area contributed by atoms with Crippen molar-refractivity contribution in [3.63, 3.8) is 0 Å². The second kappa shape index (κ2) is 5.52. The van der Waals surface area contributed by atoms with Gasteiger partial charge in [0.05, 0.1) is 22.7 Å². The van der Waals surface area contributed by atoms with E-state index < -0.39 is 0 Å². The minimum Gasteiger partial charge on any atom is -0.497 e. The number of aromatic nitrogens is 1. The number of benzene rings is 3. The number of ether oxygens (including phenoxy) is 1. The lowest BCUT2D eigenvalue weighted by atomic mass is 10.1. The minimum absolute atomic E-state index is 0.850. The van der Waals surface area contributed by atoms with Crippen LogP contribution in [0.15, 0.2) is 72.8 Å². The maximum atomic E-state index is 5.71. The summed E-state index contributed by atoms with van der Waals surface area (Å²) >= 11 is 5.71. The smallest absolute Gasteiger partial charge is 0.119 e. The van der Waals surface area contributed by atoms with Crippen molar-refractivity contribution < 1.29 is 4.74 Å². The summed E-state index contributed by atoms with van der Waals surface area (Å²) in [5.74, 6) is 0.850. The van der Waals surface area contributed by atoms with E-state index in [9.17, 15) is 0 Å². The predicted molar refractivity (Wildman–Crippen MR) is 98.2 cm³/mol. The van der Waals surface area contributed by atoms with E-state index >= 15 is 0 Å². The fraction of sp³-hybridized carbons (Fsp3) is 0.0500. The summed E-state index contributed by atoms with van der Waals surface area (Å²) in [4.78, 5) is 0. The standard InChI is InChI=1S/C20H15NOS/c1-22-15-12-10-14(11-13-15)21-18-8-4-2-6-16(18)20(23)17-7-3-5-9-19(17)21/h2-13H,1H3. The number of hydrogen-bond acceptors (Lipinski definition) is 2. The van der Waals surface area contributed by atoms with E-state index in [-0.39, 0.29) is 0 Å². The zero-order valence-electron chi connectivity index (χ0n) is 12.7. The summed E-state index contributed by atoms with van der Waals surface area (Å²) in [6.07, 6.45) is 0. The van der Waals surface area contributed by atoms with Crippen LogP contribution in [-0.2, 0) is 0 Å². The number of hydrogen-bond donors (Lipinski definition) is 0. The molecule has 3 aromatic carbocycles. The highest BCUT2D eigenvalue weighted by atomic mass is 32.1. The molecule has 0 aliphatic rings. The molecule has 0 saturated carbocycles. The molecule has 1 heterocycles. The summed E-state index contributed by atoms with van der Waals surface area (Å²) in [7, 11) is 1.68. The molecule has 112 valence electrons. The molecule has 4 rings (SSSR count). The molecule has 0 atom stereocenters. The van der Waals surface area contributed by atoms with Crippen molar-refractivity contribution >= 4 is 34.0 Å². The third kappa shape index (κ3) is 2.21. The largest absolute Gasteiger partial charge is 0.497 e. The van der Waals surface area contributed by atoms with E-state index in [2.05, 4.69) is 41.0 Å². The van der Waals surface area contributed by atoms with Crippen LogP contribution in [0.4, 0.5) is 0 Å². The van der Waals surface area contributed by atoms with E-state index in [1.165, 1.54) is 0 Å². The van der Waals surface area contributed by atoms with Crippen LogP contribution in [0.1, 0.15) is 0 Å². The van der Waals surface area contributed by atoms with Crippen LogP contribution in [-0.4, -0.2) is 11.7 Å². The Hall–Kier alpha value is -2.65. The number of pyridine rings is 1. The molecule has 0 aliphatic heterocycles.